The van der Waals surface area contributed by atoms with Gasteiger partial charge in [0, 0.05) is 25.2 Å². The van der Waals surface area contributed by atoms with Crippen LogP contribution in [0.15, 0.2) is 6.20 Å². The Labute approximate surface area is 172 Å². The predicted octanol–water partition coefficient (Wildman–Crippen LogP) is 5.75. The van der Waals surface area contributed by atoms with E-state index in [0.29, 0.717) is 22.6 Å². The summed E-state index contributed by atoms with van der Waals surface area (Å²) >= 11 is 0.460. The third-order valence-corrected chi connectivity index (χ3v) is 6.26. The van der Waals surface area contributed by atoms with Crippen molar-refractivity contribution >= 4 is 23.1 Å². The van der Waals surface area contributed by atoms with Gasteiger partial charge in [0.25, 0.3) is 0 Å². The molecule has 3 rings (SSSR count). The van der Waals surface area contributed by atoms with Gasteiger partial charge in [-0.05, 0) is 18.8 Å². The van der Waals surface area contributed by atoms with Gasteiger partial charge in [-0.15, -0.1) is 11.3 Å². The molecule has 5 nitrogen and oxygen atoms in total. The van der Waals surface area contributed by atoms with Gasteiger partial charge < -0.3 is 5.32 Å². The highest BCUT2D eigenvalue weighted by Gasteiger charge is 2.48. The van der Waals surface area contributed by atoms with Crippen LogP contribution in [0.2, 0.25) is 0 Å². The molecule has 1 amide bonds. The van der Waals surface area contributed by atoms with E-state index in [1.165, 1.54) is 11.7 Å². The molecular weight excluding hydrogens is 434 g/mol. The Bertz CT molecular complexity index is 940. The molecule has 30 heavy (non-hydrogen) atoms. The van der Waals surface area contributed by atoms with E-state index < -0.39 is 35.1 Å². The zero-order chi connectivity index (χ0) is 22.5. The summed E-state index contributed by atoms with van der Waals surface area (Å²) in [5.41, 5.74) is -1.30. The molecule has 0 aromatic carbocycles. The lowest BCUT2D eigenvalue weighted by molar-refractivity contribution is -0.213. The molecule has 0 bridgehead atoms. The van der Waals surface area contributed by atoms with Crippen molar-refractivity contribution in [2.75, 3.05) is 5.32 Å². The maximum absolute atomic E-state index is 13.1. The lowest BCUT2D eigenvalue weighted by atomic mass is 9.79. The van der Waals surface area contributed by atoms with Crippen molar-refractivity contribution in [1.29, 1.82) is 0 Å². The number of hydrogen-bond acceptors (Lipinski definition) is 4. The zero-order valence-corrected chi connectivity index (χ0v) is 17.2. The van der Waals surface area contributed by atoms with Gasteiger partial charge in [0.2, 0.25) is 5.91 Å². The van der Waals surface area contributed by atoms with Crippen molar-refractivity contribution in [1.82, 2.24) is 14.8 Å². The summed E-state index contributed by atoms with van der Waals surface area (Å²) in [5, 5.41) is 5.64. The molecule has 2 aromatic rings. The van der Waals surface area contributed by atoms with Crippen LogP contribution in [-0.4, -0.2) is 26.8 Å². The highest BCUT2D eigenvalue weighted by molar-refractivity contribution is 7.15. The molecule has 1 aliphatic carbocycles. The van der Waals surface area contributed by atoms with Crippen LogP contribution in [0.4, 0.5) is 32.2 Å². The van der Waals surface area contributed by atoms with Crippen LogP contribution in [-0.2, 0) is 18.0 Å². The maximum Gasteiger partial charge on any atom is 0.443 e. The highest BCUT2D eigenvalue weighted by Crippen LogP contribution is 2.47. The van der Waals surface area contributed by atoms with Crippen molar-refractivity contribution in [3.05, 3.63) is 16.8 Å². The van der Waals surface area contributed by atoms with Crippen LogP contribution in [0.3, 0.4) is 0 Å². The Morgan fingerprint density at radius 3 is 2.33 bits per heavy atom. The van der Waals surface area contributed by atoms with Crippen molar-refractivity contribution in [2.24, 2.45) is 12.5 Å². The smallest absolute Gasteiger partial charge is 0.309 e. The van der Waals surface area contributed by atoms with Crippen LogP contribution in [0.5, 0.6) is 0 Å². The van der Waals surface area contributed by atoms with Gasteiger partial charge in [-0.25, -0.2) is 4.98 Å². The fourth-order valence-electron chi connectivity index (χ4n) is 3.20. The first-order chi connectivity index (χ1) is 13.7. The number of rotatable bonds is 5. The number of carbonyl (C=O) groups excluding carboxylic acids is 1. The number of carbonyl (C=O) groups is 1. The summed E-state index contributed by atoms with van der Waals surface area (Å²) in [6.07, 6.45) is -6.44. The van der Waals surface area contributed by atoms with Gasteiger partial charge in [-0.2, -0.15) is 31.4 Å². The van der Waals surface area contributed by atoms with E-state index in [-0.39, 0.29) is 16.6 Å². The number of aryl methyl sites for hydroxylation is 1. The van der Waals surface area contributed by atoms with Gasteiger partial charge in [0.1, 0.15) is 0 Å². The minimum Gasteiger partial charge on any atom is -0.309 e. The zero-order valence-electron chi connectivity index (χ0n) is 16.4. The van der Waals surface area contributed by atoms with Crippen molar-refractivity contribution in [2.45, 2.75) is 57.8 Å². The van der Waals surface area contributed by atoms with E-state index >= 15 is 0 Å². The molecule has 12 heteroatoms. The molecule has 166 valence electrons. The Balaban J connectivity index is 1.94. The van der Waals surface area contributed by atoms with Crippen molar-refractivity contribution < 1.29 is 31.1 Å². The first kappa shape index (κ1) is 22.6. The topological polar surface area (TPSA) is 59.8 Å². The maximum atomic E-state index is 13.1. The van der Waals surface area contributed by atoms with Crippen LogP contribution in [0.1, 0.15) is 56.0 Å². The van der Waals surface area contributed by atoms with Gasteiger partial charge in [-0.1, -0.05) is 20.3 Å². The molecule has 2 heterocycles. The highest BCUT2D eigenvalue weighted by atomic mass is 32.1. The monoisotopic (exact) mass is 454 g/mol. The van der Waals surface area contributed by atoms with Gasteiger partial charge in [-0.3, -0.25) is 9.48 Å². The second-order valence-corrected chi connectivity index (χ2v) is 9.03. The molecule has 0 saturated heterocycles. The number of anilines is 1. The third kappa shape index (κ3) is 4.33. The van der Waals surface area contributed by atoms with Crippen LogP contribution < -0.4 is 5.32 Å². The molecule has 0 radical (unpaired) electrons. The van der Waals surface area contributed by atoms with Gasteiger partial charge >= 0.3 is 12.4 Å². The summed E-state index contributed by atoms with van der Waals surface area (Å²) in [7, 11) is 1.51. The predicted molar refractivity (Wildman–Crippen MR) is 99.0 cm³/mol. The molecule has 0 atom stereocenters. The van der Waals surface area contributed by atoms with E-state index in [1.807, 2.05) is 0 Å². The number of nitrogens with one attached hydrogen (secondary N) is 1. The molecule has 1 aliphatic rings. The second kappa shape index (κ2) is 7.54. The van der Waals surface area contributed by atoms with E-state index in [0.717, 1.165) is 39.3 Å². The van der Waals surface area contributed by atoms with E-state index in [2.05, 4.69) is 15.4 Å². The Morgan fingerprint density at radius 2 is 1.87 bits per heavy atom. The Kier molecular flexibility index (Phi) is 5.67. The summed E-state index contributed by atoms with van der Waals surface area (Å²) < 4.78 is 79.5. The van der Waals surface area contributed by atoms with E-state index in [9.17, 15) is 31.1 Å². The number of aromatic nitrogens is 3. The van der Waals surface area contributed by atoms with Crippen molar-refractivity contribution in [3.63, 3.8) is 0 Å². The first-order valence-electron chi connectivity index (χ1n) is 9.17. The molecule has 2 aromatic heterocycles. The molecule has 0 spiro atoms. The fourth-order valence-corrected chi connectivity index (χ4v) is 4.07. The molecule has 1 N–H and O–H groups in total. The number of alkyl halides is 6. The molecular formula is C18H20F6N4OS. The van der Waals surface area contributed by atoms with E-state index in [1.54, 1.807) is 0 Å². The number of amides is 1. The van der Waals surface area contributed by atoms with Gasteiger partial charge in [0.05, 0.1) is 16.0 Å². The normalized spacial score (nSPS) is 15.9. The van der Waals surface area contributed by atoms with Crippen molar-refractivity contribution in [3.8, 4) is 10.6 Å². The summed E-state index contributed by atoms with van der Waals surface area (Å²) in [4.78, 5) is 16.0. The lowest BCUT2D eigenvalue weighted by Crippen LogP contribution is -2.36. The fraction of sp³-hybridized carbons (Fsp3) is 0.611. The minimum atomic E-state index is -4.58. The SMILES string of the molecule is Cn1nc(NC(=O)CC(C)(C)C(F)(F)F)c(C2CCC2)c1-c1cnc(C(F)(F)F)s1. The standard InChI is InChI=1S/C18H20F6N4OS/c1-16(2,18(22,23)24)7-11(29)26-14-12(9-5-4-6-9)13(28(3)27-14)10-8-25-15(30-10)17(19,20)21/h8-9H,4-7H2,1-3H3,(H,26,27,29). The molecule has 0 aliphatic heterocycles. The lowest BCUT2D eigenvalue weighted by Gasteiger charge is -2.28. The number of nitrogens with zero attached hydrogens (tertiary/aromatic N) is 3. The Hall–Kier alpha value is -2.11. The average Bonchev–Trinajstić information content (AvgIpc) is 3.09. The second-order valence-electron chi connectivity index (χ2n) is 8.00. The summed E-state index contributed by atoms with van der Waals surface area (Å²) in [6.45, 7) is 1.86. The molecule has 1 saturated carbocycles. The molecule has 1 fully saturated rings. The Morgan fingerprint density at radius 1 is 1.23 bits per heavy atom. The summed E-state index contributed by atoms with van der Waals surface area (Å²) in [5.74, 6) is -0.818. The van der Waals surface area contributed by atoms with E-state index in [4.69, 9.17) is 0 Å². The largest absolute Gasteiger partial charge is 0.443 e. The third-order valence-electron chi connectivity index (χ3n) is 5.21. The number of thiazole rings is 1. The van der Waals surface area contributed by atoms with Crippen LogP contribution in [0, 0.1) is 5.41 Å². The molecule has 0 unspecified atom stereocenters. The summed E-state index contributed by atoms with van der Waals surface area (Å²) in [6, 6.07) is 0. The average molecular weight is 454 g/mol. The van der Waals surface area contributed by atoms with Crippen LogP contribution in [0.25, 0.3) is 10.6 Å². The van der Waals surface area contributed by atoms with Crippen LogP contribution >= 0.6 is 11.3 Å². The minimum absolute atomic E-state index is 0.0453. The first-order valence-corrected chi connectivity index (χ1v) is 9.99. The number of hydrogen-bond donors (Lipinski definition) is 1. The quantitative estimate of drug-likeness (QED) is 0.586. The van der Waals surface area contributed by atoms with Gasteiger partial charge in [0.15, 0.2) is 10.8 Å². The number of halogens is 6.